The average Bonchev–Trinajstić information content (AvgIpc) is 3.82. The third-order valence-electron chi connectivity index (χ3n) is 6.41. The van der Waals surface area contributed by atoms with E-state index in [1.54, 1.807) is 0 Å². The number of piperazine rings is 1. The zero-order valence-corrected chi connectivity index (χ0v) is 25.6. The van der Waals surface area contributed by atoms with E-state index in [4.69, 9.17) is 0 Å². The standard InChI is InChI=1S/C24H32N6O.C3H6.C3H8.C2H6/c1-4-10-30-17(3)21(16-26-30)19-6-7-20(23(31)15-19)22-13-18(5-2)14-24(28-27-22)29-11-8-25-9-12-29;1-2-3-1;1-3-2;1-2/h6-7,13,15-16,25,31H,4-5,8-12,14H2,1-3H3;1-3H2;3H2,1-2H3;1-2H3. The Balaban J connectivity index is 0.000000589. The molecule has 2 aliphatic heterocycles. The fraction of sp³-hybridized carbons (Fsp3) is 0.594. The summed E-state index contributed by atoms with van der Waals surface area (Å²) in [6.45, 7) is 19.4. The average molecular weight is 537 g/mol. The maximum atomic E-state index is 10.9. The zero-order chi connectivity index (χ0) is 28.6. The van der Waals surface area contributed by atoms with Crippen molar-refractivity contribution in [3.05, 3.63) is 47.3 Å². The molecule has 0 bridgehead atoms. The van der Waals surface area contributed by atoms with Gasteiger partial charge in [-0.05, 0) is 43.5 Å². The van der Waals surface area contributed by atoms with Crippen molar-refractivity contribution in [2.45, 2.75) is 100.0 Å². The molecule has 0 amide bonds. The lowest BCUT2D eigenvalue weighted by Gasteiger charge is -2.29. The van der Waals surface area contributed by atoms with Gasteiger partial charge in [0.2, 0.25) is 0 Å². The summed E-state index contributed by atoms with van der Waals surface area (Å²) < 4.78 is 2.01. The summed E-state index contributed by atoms with van der Waals surface area (Å²) in [6, 6.07) is 5.78. The number of rotatable bonds is 5. The predicted octanol–water partition coefficient (Wildman–Crippen LogP) is 7.33. The van der Waals surface area contributed by atoms with Crippen LogP contribution in [0.25, 0.3) is 11.1 Å². The molecular formula is C32H52N6O. The van der Waals surface area contributed by atoms with Crippen LogP contribution < -0.4 is 5.32 Å². The molecular weight excluding hydrogens is 484 g/mol. The molecule has 3 aliphatic rings. The number of amidine groups is 1. The molecule has 1 aromatic carbocycles. The number of aromatic nitrogens is 2. The van der Waals surface area contributed by atoms with Gasteiger partial charge in [-0.25, -0.2) is 0 Å². The van der Waals surface area contributed by atoms with Gasteiger partial charge in [0.25, 0.3) is 0 Å². The van der Waals surface area contributed by atoms with Gasteiger partial charge < -0.3 is 15.3 Å². The van der Waals surface area contributed by atoms with Crippen LogP contribution in [0.5, 0.6) is 5.75 Å². The van der Waals surface area contributed by atoms with Crippen LogP contribution in [0.15, 0.2) is 46.2 Å². The molecule has 1 aliphatic carbocycles. The molecule has 2 fully saturated rings. The molecule has 0 spiro atoms. The van der Waals surface area contributed by atoms with Crippen molar-refractivity contribution in [2.24, 2.45) is 10.2 Å². The smallest absolute Gasteiger partial charge is 0.131 e. The molecule has 0 unspecified atom stereocenters. The Hall–Kier alpha value is -2.93. The molecule has 0 atom stereocenters. The molecule has 1 aromatic heterocycles. The summed E-state index contributed by atoms with van der Waals surface area (Å²) in [7, 11) is 0. The molecule has 3 heterocycles. The minimum absolute atomic E-state index is 0.214. The lowest BCUT2D eigenvalue weighted by Crippen LogP contribution is -2.46. The minimum Gasteiger partial charge on any atom is -0.507 e. The van der Waals surface area contributed by atoms with E-state index in [2.05, 4.69) is 66.2 Å². The quantitative estimate of drug-likeness (QED) is 0.419. The molecule has 1 saturated heterocycles. The molecule has 0 radical (unpaired) electrons. The molecule has 2 N–H and O–H groups in total. The number of phenols is 1. The summed E-state index contributed by atoms with van der Waals surface area (Å²) in [5, 5.41) is 27.9. The van der Waals surface area contributed by atoms with Crippen molar-refractivity contribution >= 4 is 11.5 Å². The topological polar surface area (TPSA) is 78.0 Å². The largest absolute Gasteiger partial charge is 0.507 e. The van der Waals surface area contributed by atoms with Gasteiger partial charge in [-0.15, -0.1) is 10.2 Å². The maximum absolute atomic E-state index is 10.9. The number of benzene rings is 1. The highest BCUT2D eigenvalue weighted by Gasteiger charge is 2.20. The Labute approximate surface area is 237 Å². The van der Waals surface area contributed by atoms with Crippen LogP contribution in [0, 0.1) is 6.92 Å². The fourth-order valence-electron chi connectivity index (χ4n) is 4.16. The molecule has 216 valence electrons. The number of nitrogens with zero attached hydrogens (tertiary/aromatic N) is 5. The van der Waals surface area contributed by atoms with Crippen LogP contribution in [0.3, 0.4) is 0 Å². The predicted molar refractivity (Wildman–Crippen MR) is 167 cm³/mol. The Kier molecular flexibility index (Phi) is 14.6. The number of aromatic hydroxyl groups is 1. The number of nitrogens with one attached hydrogen (secondary N) is 1. The lowest BCUT2D eigenvalue weighted by atomic mass is 9.99. The first-order valence-corrected chi connectivity index (χ1v) is 15.2. The van der Waals surface area contributed by atoms with Crippen molar-refractivity contribution in [2.75, 3.05) is 26.2 Å². The highest BCUT2D eigenvalue weighted by molar-refractivity contribution is 6.12. The van der Waals surface area contributed by atoms with Gasteiger partial charge in [0.05, 0.1) is 11.9 Å². The van der Waals surface area contributed by atoms with Crippen molar-refractivity contribution in [3.63, 3.8) is 0 Å². The van der Waals surface area contributed by atoms with E-state index < -0.39 is 0 Å². The summed E-state index contributed by atoms with van der Waals surface area (Å²) in [5.41, 5.74) is 5.80. The third kappa shape index (κ3) is 9.95. The van der Waals surface area contributed by atoms with E-state index >= 15 is 0 Å². The number of allylic oxidation sites excluding steroid dienone is 1. The lowest BCUT2D eigenvalue weighted by molar-refractivity contribution is 0.352. The van der Waals surface area contributed by atoms with Gasteiger partial charge in [0.15, 0.2) is 0 Å². The van der Waals surface area contributed by atoms with E-state index in [1.807, 2.05) is 42.9 Å². The number of hydrogen-bond acceptors (Lipinski definition) is 6. The van der Waals surface area contributed by atoms with E-state index in [0.717, 1.165) is 74.6 Å². The van der Waals surface area contributed by atoms with E-state index in [0.29, 0.717) is 11.3 Å². The van der Waals surface area contributed by atoms with Crippen LogP contribution in [-0.4, -0.2) is 57.5 Å². The van der Waals surface area contributed by atoms with Gasteiger partial charge in [-0.1, -0.05) is 78.9 Å². The van der Waals surface area contributed by atoms with Gasteiger partial charge >= 0.3 is 0 Å². The first-order valence-electron chi connectivity index (χ1n) is 15.2. The molecule has 2 aromatic rings. The van der Waals surface area contributed by atoms with Crippen molar-refractivity contribution in [1.29, 1.82) is 0 Å². The van der Waals surface area contributed by atoms with Crippen LogP contribution in [-0.2, 0) is 6.54 Å². The van der Waals surface area contributed by atoms with Crippen molar-refractivity contribution < 1.29 is 5.11 Å². The summed E-state index contributed by atoms with van der Waals surface area (Å²) >= 11 is 0. The highest BCUT2D eigenvalue weighted by Crippen LogP contribution is 2.30. The summed E-state index contributed by atoms with van der Waals surface area (Å²) in [6.07, 6.45) is 12.5. The second kappa shape index (κ2) is 17.6. The van der Waals surface area contributed by atoms with Gasteiger partial charge in [0, 0.05) is 56.0 Å². The Bertz CT molecular complexity index is 1090. The molecule has 39 heavy (non-hydrogen) atoms. The molecule has 5 rings (SSSR count). The van der Waals surface area contributed by atoms with Crippen molar-refractivity contribution in [3.8, 4) is 16.9 Å². The van der Waals surface area contributed by atoms with Gasteiger partial charge in [0.1, 0.15) is 11.6 Å². The summed E-state index contributed by atoms with van der Waals surface area (Å²) in [5.74, 6) is 1.23. The number of hydrogen-bond donors (Lipinski definition) is 2. The van der Waals surface area contributed by atoms with Crippen LogP contribution in [0.1, 0.15) is 97.7 Å². The highest BCUT2D eigenvalue weighted by atomic mass is 16.3. The van der Waals surface area contributed by atoms with E-state index in [-0.39, 0.29) is 5.75 Å². The monoisotopic (exact) mass is 536 g/mol. The first-order chi connectivity index (χ1) is 19.0. The molecule has 7 nitrogen and oxygen atoms in total. The van der Waals surface area contributed by atoms with Crippen LogP contribution in [0.4, 0.5) is 0 Å². The molecule has 1 saturated carbocycles. The molecule has 7 heteroatoms. The van der Waals surface area contributed by atoms with Crippen LogP contribution >= 0.6 is 0 Å². The normalized spacial score (nSPS) is 16.1. The van der Waals surface area contributed by atoms with Gasteiger partial charge in [-0.3, -0.25) is 4.68 Å². The Morgan fingerprint density at radius 2 is 1.62 bits per heavy atom. The zero-order valence-electron chi connectivity index (χ0n) is 25.6. The number of phenolic OH excluding ortho intramolecular Hbond substituents is 1. The van der Waals surface area contributed by atoms with Gasteiger partial charge in [-0.2, -0.15) is 5.10 Å². The Morgan fingerprint density at radius 1 is 0.949 bits per heavy atom. The fourth-order valence-corrected chi connectivity index (χ4v) is 4.16. The SMILES string of the molecule is C1CC1.CC.CCC.CCCn1ncc(-c2ccc(C3=NN=C(N4CCNCC4)CC(CC)=C3)c(O)c2)c1C. The van der Waals surface area contributed by atoms with Crippen molar-refractivity contribution in [1.82, 2.24) is 20.0 Å². The first kappa shape index (κ1) is 32.3. The third-order valence-corrected chi connectivity index (χ3v) is 6.41. The second-order valence-corrected chi connectivity index (χ2v) is 9.94. The second-order valence-electron chi connectivity index (χ2n) is 9.94. The van der Waals surface area contributed by atoms with Crippen LogP contribution in [0.2, 0.25) is 0 Å². The number of aryl methyl sites for hydroxylation is 1. The summed E-state index contributed by atoms with van der Waals surface area (Å²) in [4.78, 5) is 2.31. The van der Waals surface area contributed by atoms with E-state index in [1.165, 1.54) is 31.3 Å². The van der Waals surface area contributed by atoms with E-state index in [9.17, 15) is 5.11 Å². The minimum atomic E-state index is 0.214. The maximum Gasteiger partial charge on any atom is 0.131 e. The Morgan fingerprint density at radius 3 is 2.18 bits per heavy atom.